The van der Waals surface area contributed by atoms with Gasteiger partial charge in [0.25, 0.3) is 0 Å². The molecule has 0 aromatic carbocycles. The first-order valence-electron chi connectivity index (χ1n) is 5.51. The Morgan fingerprint density at radius 2 is 2.20 bits per heavy atom. The lowest BCUT2D eigenvalue weighted by atomic mass is 10.00. The first-order valence-corrected chi connectivity index (χ1v) is 5.51. The Bertz CT molecular complexity index is 223. The van der Waals surface area contributed by atoms with Gasteiger partial charge in [0.05, 0.1) is 12.6 Å². The average Bonchev–Trinajstić information content (AvgIpc) is 2.12. The highest BCUT2D eigenvalue weighted by molar-refractivity contribution is 5.79. The summed E-state index contributed by atoms with van der Waals surface area (Å²) in [4.78, 5) is 13.8. The van der Waals surface area contributed by atoms with Gasteiger partial charge in [-0.1, -0.05) is 0 Å². The Kier molecular flexibility index (Phi) is 4.11. The lowest BCUT2D eigenvalue weighted by Gasteiger charge is -2.44. The van der Waals surface area contributed by atoms with Crippen LogP contribution in [0.1, 0.15) is 27.2 Å². The molecule has 0 aromatic rings. The third kappa shape index (κ3) is 3.18. The first-order chi connectivity index (χ1) is 6.96. The summed E-state index contributed by atoms with van der Waals surface area (Å²) in [6, 6.07) is 0.207. The Hall–Kier alpha value is -0.610. The number of amides is 1. The quantitative estimate of drug-likeness (QED) is 0.749. The van der Waals surface area contributed by atoms with Crippen molar-refractivity contribution < 1.29 is 9.53 Å². The minimum Gasteiger partial charge on any atom is -0.369 e. The van der Waals surface area contributed by atoms with Crippen molar-refractivity contribution in [1.29, 1.82) is 0 Å². The maximum atomic E-state index is 11.8. The molecular formula is C11H22N2O2. The number of nitrogens with one attached hydrogen (secondary N) is 1. The number of carbonyl (C=O) groups is 1. The molecule has 1 saturated heterocycles. The summed E-state index contributed by atoms with van der Waals surface area (Å²) in [5.41, 5.74) is -0.112. The molecule has 1 unspecified atom stereocenters. The van der Waals surface area contributed by atoms with E-state index < -0.39 is 0 Å². The van der Waals surface area contributed by atoms with Crippen LogP contribution in [0.4, 0.5) is 0 Å². The van der Waals surface area contributed by atoms with E-state index in [0.717, 1.165) is 13.0 Å². The van der Waals surface area contributed by atoms with E-state index in [1.807, 2.05) is 11.9 Å². The van der Waals surface area contributed by atoms with E-state index in [0.29, 0.717) is 6.61 Å². The zero-order valence-electron chi connectivity index (χ0n) is 10.2. The SMILES string of the molecule is CNCCC1COCC(=O)N1C(C)(C)C. The second-order valence-corrected chi connectivity index (χ2v) is 5.00. The van der Waals surface area contributed by atoms with Crippen molar-refractivity contribution in [1.82, 2.24) is 10.2 Å². The van der Waals surface area contributed by atoms with Crippen molar-refractivity contribution in [2.45, 2.75) is 38.8 Å². The number of carbonyl (C=O) groups excluding carboxylic acids is 1. The van der Waals surface area contributed by atoms with Crippen LogP contribution in [0.5, 0.6) is 0 Å². The molecule has 1 aliphatic rings. The van der Waals surface area contributed by atoms with Gasteiger partial charge < -0.3 is 15.0 Å². The van der Waals surface area contributed by atoms with E-state index >= 15 is 0 Å². The van der Waals surface area contributed by atoms with Crippen LogP contribution in [0.3, 0.4) is 0 Å². The number of nitrogens with zero attached hydrogens (tertiary/aromatic N) is 1. The summed E-state index contributed by atoms with van der Waals surface area (Å²) >= 11 is 0. The predicted octanol–water partition coefficient (Wildman–Crippen LogP) is 0.622. The third-order valence-corrected chi connectivity index (χ3v) is 2.62. The maximum absolute atomic E-state index is 11.8. The molecular weight excluding hydrogens is 192 g/mol. The van der Waals surface area contributed by atoms with Gasteiger partial charge in [-0.05, 0) is 40.8 Å². The van der Waals surface area contributed by atoms with E-state index in [2.05, 4.69) is 26.1 Å². The fourth-order valence-electron chi connectivity index (χ4n) is 2.08. The van der Waals surface area contributed by atoms with Crippen LogP contribution in [-0.2, 0) is 9.53 Å². The Morgan fingerprint density at radius 3 is 2.73 bits per heavy atom. The van der Waals surface area contributed by atoms with Gasteiger partial charge in [0, 0.05) is 5.54 Å². The molecule has 0 aromatic heterocycles. The van der Waals surface area contributed by atoms with Crippen molar-refractivity contribution in [3.63, 3.8) is 0 Å². The maximum Gasteiger partial charge on any atom is 0.249 e. The van der Waals surface area contributed by atoms with Crippen molar-refractivity contribution in [3.05, 3.63) is 0 Å². The topological polar surface area (TPSA) is 41.6 Å². The Morgan fingerprint density at radius 1 is 1.53 bits per heavy atom. The molecule has 4 nitrogen and oxygen atoms in total. The highest BCUT2D eigenvalue weighted by Gasteiger charge is 2.35. The van der Waals surface area contributed by atoms with Crippen LogP contribution in [0.2, 0.25) is 0 Å². The van der Waals surface area contributed by atoms with E-state index in [9.17, 15) is 4.79 Å². The summed E-state index contributed by atoms with van der Waals surface area (Å²) in [5.74, 6) is 0.106. The second kappa shape index (κ2) is 4.94. The van der Waals surface area contributed by atoms with Crippen LogP contribution < -0.4 is 5.32 Å². The summed E-state index contributed by atoms with van der Waals surface area (Å²) in [6.45, 7) is 8.01. The lowest BCUT2D eigenvalue weighted by molar-refractivity contribution is -0.156. The molecule has 0 aliphatic carbocycles. The standard InChI is InChI=1S/C11H22N2O2/c1-11(2,3)13-9(5-6-12-4)7-15-8-10(13)14/h9,12H,5-8H2,1-4H3. The van der Waals surface area contributed by atoms with Gasteiger partial charge in [0.2, 0.25) is 5.91 Å². The fourth-order valence-corrected chi connectivity index (χ4v) is 2.08. The van der Waals surface area contributed by atoms with Crippen molar-refractivity contribution in [2.75, 3.05) is 26.8 Å². The van der Waals surface area contributed by atoms with Crippen molar-refractivity contribution in [3.8, 4) is 0 Å². The van der Waals surface area contributed by atoms with Crippen LogP contribution in [-0.4, -0.2) is 49.2 Å². The van der Waals surface area contributed by atoms with Gasteiger partial charge in [0.1, 0.15) is 6.61 Å². The third-order valence-electron chi connectivity index (χ3n) is 2.62. The Labute approximate surface area is 92.0 Å². The summed E-state index contributed by atoms with van der Waals surface area (Å²) < 4.78 is 5.30. The van der Waals surface area contributed by atoms with Gasteiger partial charge in [-0.25, -0.2) is 0 Å². The van der Waals surface area contributed by atoms with Gasteiger partial charge in [-0.3, -0.25) is 4.79 Å². The molecule has 1 amide bonds. The minimum atomic E-state index is -0.112. The number of morpholine rings is 1. The van der Waals surface area contributed by atoms with Gasteiger partial charge >= 0.3 is 0 Å². The summed E-state index contributed by atoms with van der Waals surface area (Å²) in [6.07, 6.45) is 0.944. The predicted molar refractivity (Wildman–Crippen MR) is 59.7 cm³/mol. The number of hydrogen-bond acceptors (Lipinski definition) is 3. The molecule has 0 spiro atoms. The molecule has 1 heterocycles. The molecule has 88 valence electrons. The molecule has 0 bridgehead atoms. The minimum absolute atomic E-state index is 0.106. The highest BCUT2D eigenvalue weighted by Crippen LogP contribution is 2.22. The lowest BCUT2D eigenvalue weighted by Crippen LogP contribution is -2.58. The number of ether oxygens (including phenoxy) is 1. The van der Waals surface area contributed by atoms with Crippen molar-refractivity contribution >= 4 is 5.91 Å². The monoisotopic (exact) mass is 214 g/mol. The summed E-state index contributed by atoms with van der Waals surface area (Å²) in [5, 5.41) is 3.11. The molecule has 1 fully saturated rings. The first kappa shape index (κ1) is 12.5. The van der Waals surface area contributed by atoms with E-state index in [1.165, 1.54) is 0 Å². The van der Waals surface area contributed by atoms with Crippen LogP contribution >= 0.6 is 0 Å². The molecule has 1 N–H and O–H groups in total. The number of rotatable bonds is 3. The molecule has 1 rings (SSSR count). The highest BCUT2D eigenvalue weighted by atomic mass is 16.5. The van der Waals surface area contributed by atoms with E-state index in [1.54, 1.807) is 0 Å². The molecule has 1 atom stereocenters. The second-order valence-electron chi connectivity index (χ2n) is 5.00. The van der Waals surface area contributed by atoms with Crippen LogP contribution in [0.15, 0.2) is 0 Å². The number of hydrogen-bond donors (Lipinski definition) is 1. The van der Waals surface area contributed by atoms with E-state index in [4.69, 9.17) is 4.74 Å². The molecule has 0 saturated carbocycles. The van der Waals surface area contributed by atoms with Gasteiger partial charge in [-0.15, -0.1) is 0 Å². The Balaban J connectivity index is 2.69. The summed E-state index contributed by atoms with van der Waals surface area (Å²) in [7, 11) is 1.92. The zero-order chi connectivity index (χ0) is 11.5. The largest absolute Gasteiger partial charge is 0.369 e. The van der Waals surface area contributed by atoms with Gasteiger partial charge in [0.15, 0.2) is 0 Å². The average molecular weight is 214 g/mol. The van der Waals surface area contributed by atoms with Crippen molar-refractivity contribution in [2.24, 2.45) is 0 Å². The molecule has 15 heavy (non-hydrogen) atoms. The molecule has 1 aliphatic heterocycles. The van der Waals surface area contributed by atoms with Crippen LogP contribution in [0, 0.1) is 0 Å². The van der Waals surface area contributed by atoms with Gasteiger partial charge in [-0.2, -0.15) is 0 Å². The fraction of sp³-hybridized carbons (Fsp3) is 0.909. The smallest absolute Gasteiger partial charge is 0.249 e. The van der Waals surface area contributed by atoms with E-state index in [-0.39, 0.29) is 24.1 Å². The normalized spacial score (nSPS) is 23.3. The van der Waals surface area contributed by atoms with Crippen LogP contribution in [0.25, 0.3) is 0 Å². The molecule has 0 radical (unpaired) electrons. The zero-order valence-corrected chi connectivity index (χ0v) is 10.2. The molecule has 4 heteroatoms.